The van der Waals surface area contributed by atoms with Gasteiger partial charge in [-0.05, 0) is 44.9 Å². The molecule has 1 aromatic carbocycles. The van der Waals surface area contributed by atoms with Gasteiger partial charge < -0.3 is 15.0 Å². The van der Waals surface area contributed by atoms with Crippen molar-refractivity contribution < 1.29 is 13.9 Å². The minimum atomic E-state index is -0.313. The Hall–Kier alpha value is -2.44. The molecule has 7 heteroatoms. The van der Waals surface area contributed by atoms with Gasteiger partial charge in [-0.25, -0.2) is 19.2 Å². The molecule has 24 heavy (non-hydrogen) atoms. The maximum atomic E-state index is 13.5. The normalized spacial score (nSPS) is 15.8. The summed E-state index contributed by atoms with van der Waals surface area (Å²) < 4.78 is 18.7. The third-order valence-electron chi connectivity index (χ3n) is 4.03. The third kappa shape index (κ3) is 3.72. The highest BCUT2D eigenvalue weighted by Gasteiger charge is 2.24. The quantitative estimate of drug-likeness (QED) is 0.935. The van der Waals surface area contributed by atoms with Gasteiger partial charge in [0, 0.05) is 24.5 Å². The standard InChI is InChI=1S/C17H21FN4O2/c1-11(2)24-17(23)22-7-5-13(6-8-22)21-16-14-9-12(18)3-4-15(14)19-10-20-16/h3-4,9-11,13H,5-8H2,1-2H3,(H,19,20,21). The van der Waals surface area contributed by atoms with Crippen LogP contribution in [0.2, 0.25) is 0 Å². The van der Waals surface area contributed by atoms with Crippen LogP contribution in [0, 0.1) is 5.82 Å². The number of carbonyl (C=O) groups is 1. The maximum Gasteiger partial charge on any atom is 0.410 e. The predicted molar refractivity (Wildman–Crippen MR) is 89.3 cm³/mol. The molecule has 1 aliphatic rings. The van der Waals surface area contributed by atoms with Gasteiger partial charge in [-0.15, -0.1) is 0 Å². The van der Waals surface area contributed by atoms with Crippen LogP contribution in [-0.4, -0.2) is 46.2 Å². The Morgan fingerprint density at radius 2 is 2.08 bits per heavy atom. The molecule has 1 N–H and O–H groups in total. The van der Waals surface area contributed by atoms with Gasteiger partial charge in [0.15, 0.2) is 0 Å². The summed E-state index contributed by atoms with van der Waals surface area (Å²) in [6, 6.07) is 4.64. The summed E-state index contributed by atoms with van der Waals surface area (Å²) in [5.41, 5.74) is 0.701. The van der Waals surface area contributed by atoms with Crippen molar-refractivity contribution in [2.45, 2.75) is 38.8 Å². The van der Waals surface area contributed by atoms with E-state index in [9.17, 15) is 9.18 Å². The van der Waals surface area contributed by atoms with E-state index in [1.54, 1.807) is 11.0 Å². The first kappa shape index (κ1) is 16.4. The van der Waals surface area contributed by atoms with Crippen molar-refractivity contribution in [3.05, 3.63) is 30.3 Å². The lowest BCUT2D eigenvalue weighted by molar-refractivity contribution is 0.0701. The van der Waals surface area contributed by atoms with Crippen LogP contribution in [0.15, 0.2) is 24.5 Å². The van der Waals surface area contributed by atoms with Crippen LogP contribution < -0.4 is 5.32 Å². The maximum absolute atomic E-state index is 13.5. The van der Waals surface area contributed by atoms with E-state index in [4.69, 9.17) is 4.74 Å². The molecule has 0 spiro atoms. The highest BCUT2D eigenvalue weighted by molar-refractivity contribution is 5.88. The molecule has 2 aromatic rings. The molecule has 0 saturated carbocycles. The molecule has 0 radical (unpaired) electrons. The van der Waals surface area contributed by atoms with Gasteiger partial charge in [0.2, 0.25) is 0 Å². The highest BCUT2D eigenvalue weighted by Crippen LogP contribution is 2.23. The number of nitrogens with zero attached hydrogens (tertiary/aromatic N) is 3. The number of likely N-dealkylation sites (tertiary alicyclic amines) is 1. The minimum Gasteiger partial charge on any atom is -0.447 e. The summed E-state index contributed by atoms with van der Waals surface area (Å²) in [5, 5.41) is 4.02. The number of anilines is 1. The predicted octanol–water partition coefficient (Wildman–Crippen LogP) is 3.19. The average Bonchev–Trinajstić information content (AvgIpc) is 2.55. The Kier molecular flexibility index (Phi) is 4.78. The number of halogens is 1. The second-order valence-corrected chi connectivity index (χ2v) is 6.22. The van der Waals surface area contributed by atoms with E-state index in [1.165, 1.54) is 18.5 Å². The fourth-order valence-electron chi connectivity index (χ4n) is 2.82. The number of amides is 1. The first-order chi connectivity index (χ1) is 11.5. The summed E-state index contributed by atoms with van der Waals surface area (Å²) in [6.07, 6.45) is 2.66. The first-order valence-electron chi connectivity index (χ1n) is 8.15. The molecule has 1 saturated heterocycles. The Morgan fingerprint density at radius 1 is 1.33 bits per heavy atom. The van der Waals surface area contributed by atoms with E-state index in [0.717, 1.165) is 12.8 Å². The molecule has 0 aliphatic carbocycles. The van der Waals surface area contributed by atoms with Crippen LogP contribution in [0.25, 0.3) is 10.9 Å². The molecule has 1 fully saturated rings. The van der Waals surface area contributed by atoms with Crippen LogP contribution >= 0.6 is 0 Å². The van der Waals surface area contributed by atoms with Gasteiger partial charge in [-0.3, -0.25) is 0 Å². The lowest BCUT2D eigenvalue weighted by Crippen LogP contribution is -2.43. The Morgan fingerprint density at radius 3 is 2.79 bits per heavy atom. The lowest BCUT2D eigenvalue weighted by atomic mass is 10.1. The average molecular weight is 332 g/mol. The fourth-order valence-corrected chi connectivity index (χ4v) is 2.82. The molecule has 1 aromatic heterocycles. The molecule has 0 bridgehead atoms. The zero-order valence-corrected chi connectivity index (χ0v) is 13.8. The van der Waals surface area contributed by atoms with E-state index in [-0.39, 0.29) is 24.1 Å². The molecule has 2 heterocycles. The monoisotopic (exact) mass is 332 g/mol. The number of hydrogen-bond acceptors (Lipinski definition) is 5. The molecule has 1 aliphatic heterocycles. The van der Waals surface area contributed by atoms with Crippen molar-refractivity contribution >= 4 is 22.8 Å². The van der Waals surface area contributed by atoms with Crippen molar-refractivity contribution in [3.8, 4) is 0 Å². The number of rotatable bonds is 3. The SMILES string of the molecule is CC(C)OC(=O)N1CCC(Nc2ncnc3ccc(F)cc23)CC1. The molecule has 1 amide bonds. The zero-order chi connectivity index (χ0) is 17.1. The largest absolute Gasteiger partial charge is 0.447 e. The minimum absolute atomic E-state index is 0.115. The molecular formula is C17H21FN4O2. The highest BCUT2D eigenvalue weighted by atomic mass is 19.1. The molecule has 3 rings (SSSR count). The van der Waals surface area contributed by atoms with Gasteiger partial charge in [-0.1, -0.05) is 0 Å². The smallest absolute Gasteiger partial charge is 0.410 e. The Bertz CT molecular complexity index is 730. The number of ether oxygens (including phenoxy) is 1. The second-order valence-electron chi connectivity index (χ2n) is 6.22. The van der Waals surface area contributed by atoms with Crippen molar-refractivity contribution in [2.75, 3.05) is 18.4 Å². The zero-order valence-electron chi connectivity index (χ0n) is 13.8. The number of nitrogens with one attached hydrogen (secondary N) is 1. The molecule has 6 nitrogen and oxygen atoms in total. The molecular weight excluding hydrogens is 311 g/mol. The van der Waals surface area contributed by atoms with E-state index in [0.29, 0.717) is 29.8 Å². The Labute approximate surface area is 140 Å². The number of hydrogen-bond donors (Lipinski definition) is 1. The summed E-state index contributed by atoms with van der Waals surface area (Å²) in [7, 11) is 0. The van der Waals surface area contributed by atoms with E-state index < -0.39 is 0 Å². The number of fused-ring (bicyclic) bond motifs is 1. The third-order valence-corrected chi connectivity index (χ3v) is 4.03. The number of aromatic nitrogens is 2. The summed E-state index contributed by atoms with van der Waals surface area (Å²) in [5.74, 6) is 0.314. The number of benzene rings is 1. The topological polar surface area (TPSA) is 67.3 Å². The number of carbonyl (C=O) groups excluding carboxylic acids is 1. The van der Waals surface area contributed by atoms with Gasteiger partial charge in [0.1, 0.15) is 18.0 Å². The van der Waals surface area contributed by atoms with Crippen LogP contribution in [0.1, 0.15) is 26.7 Å². The summed E-state index contributed by atoms with van der Waals surface area (Å²) in [6.45, 7) is 4.93. The van der Waals surface area contributed by atoms with Crippen molar-refractivity contribution in [2.24, 2.45) is 0 Å². The van der Waals surface area contributed by atoms with Gasteiger partial charge in [0.25, 0.3) is 0 Å². The van der Waals surface area contributed by atoms with E-state index in [2.05, 4.69) is 15.3 Å². The van der Waals surface area contributed by atoms with Crippen LogP contribution in [0.5, 0.6) is 0 Å². The summed E-state index contributed by atoms with van der Waals surface area (Å²) >= 11 is 0. The lowest BCUT2D eigenvalue weighted by Gasteiger charge is -2.32. The van der Waals surface area contributed by atoms with Gasteiger partial charge in [0.05, 0.1) is 11.6 Å². The second kappa shape index (κ2) is 6.98. The van der Waals surface area contributed by atoms with Crippen LogP contribution in [0.3, 0.4) is 0 Å². The van der Waals surface area contributed by atoms with Gasteiger partial charge in [-0.2, -0.15) is 0 Å². The van der Waals surface area contributed by atoms with Crippen molar-refractivity contribution in [3.63, 3.8) is 0 Å². The number of piperidine rings is 1. The Balaban J connectivity index is 1.64. The van der Waals surface area contributed by atoms with E-state index in [1.807, 2.05) is 13.8 Å². The van der Waals surface area contributed by atoms with Gasteiger partial charge >= 0.3 is 6.09 Å². The molecule has 0 atom stereocenters. The first-order valence-corrected chi connectivity index (χ1v) is 8.15. The van der Waals surface area contributed by atoms with Crippen LogP contribution in [-0.2, 0) is 4.74 Å². The molecule has 128 valence electrons. The molecule has 0 unspecified atom stereocenters. The van der Waals surface area contributed by atoms with Crippen molar-refractivity contribution in [1.29, 1.82) is 0 Å². The fraction of sp³-hybridized carbons (Fsp3) is 0.471. The van der Waals surface area contributed by atoms with Crippen molar-refractivity contribution in [1.82, 2.24) is 14.9 Å². The van der Waals surface area contributed by atoms with E-state index >= 15 is 0 Å². The summed E-state index contributed by atoms with van der Waals surface area (Å²) in [4.78, 5) is 22.0. The van der Waals surface area contributed by atoms with Crippen LogP contribution in [0.4, 0.5) is 15.0 Å².